The number of aromatic nitrogens is 4. The van der Waals surface area contributed by atoms with Crippen molar-refractivity contribution in [2.75, 3.05) is 0 Å². The average molecular weight is 791 g/mol. The molecule has 8 aromatic carbocycles. The summed E-state index contributed by atoms with van der Waals surface area (Å²) in [5, 5.41) is 4.75. The number of nitrogens with zero attached hydrogens (tertiary/aromatic N) is 4. The van der Waals surface area contributed by atoms with Gasteiger partial charge in [0.05, 0.1) is 33.5 Å². The fraction of sp³-hybridized carbons (Fsp3) is 0. The third-order valence-corrected chi connectivity index (χ3v) is 12.1. The van der Waals surface area contributed by atoms with Crippen molar-refractivity contribution in [1.29, 1.82) is 0 Å². The van der Waals surface area contributed by atoms with Gasteiger partial charge in [-0.25, -0.2) is 9.97 Å². The highest BCUT2D eigenvalue weighted by molar-refractivity contribution is 6.12. The van der Waals surface area contributed by atoms with Gasteiger partial charge in [-0.1, -0.05) is 170 Å². The summed E-state index contributed by atoms with van der Waals surface area (Å²) >= 11 is 0. The molecule has 290 valence electrons. The van der Waals surface area contributed by atoms with Crippen LogP contribution in [0.5, 0.6) is 0 Å². The van der Waals surface area contributed by atoms with Crippen LogP contribution in [-0.2, 0) is 0 Å². The third kappa shape index (κ3) is 6.08. The predicted molar refractivity (Wildman–Crippen MR) is 258 cm³/mol. The van der Waals surface area contributed by atoms with Gasteiger partial charge >= 0.3 is 0 Å². The summed E-state index contributed by atoms with van der Waals surface area (Å²) in [6.07, 6.45) is 0. The minimum absolute atomic E-state index is 0.888. The monoisotopic (exact) mass is 790 g/mol. The van der Waals surface area contributed by atoms with E-state index in [1.54, 1.807) is 0 Å². The van der Waals surface area contributed by atoms with E-state index in [1.165, 1.54) is 21.5 Å². The summed E-state index contributed by atoms with van der Waals surface area (Å²) in [6.45, 7) is 0. The lowest BCUT2D eigenvalue weighted by molar-refractivity contribution is 1.08. The zero-order chi connectivity index (χ0) is 41.0. The molecule has 0 N–H and O–H groups in total. The maximum Gasteiger partial charge on any atom is 0.138 e. The van der Waals surface area contributed by atoms with Gasteiger partial charge < -0.3 is 0 Å². The molecule has 4 aromatic heterocycles. The molecule has 0 fully saturated rings. The molecule has 4 heteroatoms. The average Bonchev–Trinajstić information content (AvgIpc) is 3.87. The van der Waals surface area contributed by atoms with Crippen LogP contribution in [0.2, 0.25) is 0 Å². The van der Waals surface area contributed by atoms with E-state index >= 15 is 0 Å². The van der Waals surface area contributed by atoms with Crippen LogP contribution in [0, 0.1) is 0 Å². The van der Waals surface area contributed by atoms with Gasteiger partial charge in [0, 0.05) is 32.7 Å². The molecule has 4 heterocycles. The summed E-state index contributed by atoms with van der Waals surface area (Å²) < 4.78 is 4.65. The van der Waals surface area contributed by atoms with Gasteiger partial charge in [-0.2, -0.15) is 0 Å². The van der Waals surface area contributed by atoms with Gasteiger partial charge in [0.25, 0.3) is 0 Å². The Bertz CT molecular complexity index is 3250. The maximum atomic E-state index is 5.34. The van der Waals surface area contributed by atoms with Crippen molar-refractivity contribution in [2.24, 2.45) is 0 Å². The summed E-state index contributed by atoms with van der Waals surface area (Å²) in [7, 11) is 0. The molecule has 0 radical (unpaired) electrons. The van der Waals surface area contributed by atoms with E-state index in [2.05, 4.69) is 240 Å². The van der Waals surface area contributed by atoms with Crippen LogP contribution in [0.3, 0.4) is 0 Å². The van der Waals surface area contributed by atoms with Gasteiger partial charge in [-0.15, -0.1) is 0 Å². The van der Waals surface area contributed by atoms with Gasteiger partial charge in [0.2, 0.25) is 0 Å². The minimum Gasteiger partial charge on any atom is -0.294 e. The van der Waals surface area contributed by atoms with E-state index in [1.807, 2.05) is 0 Å². The second-order valence-corrected chi connectivity index (χ2v) is 15.8. The van der Waals surface area contributed by atoms with Crippen molar-refractivity contribution in [1.82, 2.24) is 19.1 Å². The zero-order valence-corrected chi connectivity index (χ0v) is 33.7. The number of fused-ring (bicyclic) bond motifs is 6. The molecule has 4 nitrogen and oxygen atoms in total. The lowest BCUT2D eigenvalue weighted by Gasteiger charge is -2.13. The Morgan fingerprint density at radius 3 is 0.968 bits per heavy atom. The summed E-state index contributed by atoms with van der Waals surface area (Å²) in [5.74, 6) is 1.78. The molecule has 0 aliphatic rings. The number of para-hydroxylation sites is 2. The maximum absolute atomic E-state index is 5.34. The van der Waals surface area contributed by atoms with Crippen molar-refractivity contribution in [3.05, 3.63) is 231 Å². The van der Waals surface area contributed by atoms with E-state index in [-0.39, 0.29) is 0 Å². The molecule has 0 aliphatic heterocycles. The molecular formula is C58H38N4. The van der Waals surface area contributed by atoms with Crippen molar-refractivity contribution >= 4 is 43.6 Å². The van der Waals surface area contributed by atoms with Crippen LogP contribution < -0.4 is 0 Å². The van der Waals surface area contributed by atoms with Crippen LogP contribution >= 0.6 is 0 Å². The number of benzene rings is 8. The standard InChI is InChI=1S/C58H38N4/c1-5-17-39(18-6-1)45-35-51(41-21-9-3-10-22-41)59-57(37-45)61-53-27-15-13-25-47(53)49-33-43(29-31-55(49)61)44-30-32-56-50(34-44)48-26-14-16-28-54(48)62(56)58-38-46(40-19-7-2-8-20-40)36-52(60-58)42-23-11-4-12-24-42/h1-38H. The Labute approximate surface area is 359 Å². The zero-order valence-electron chi connectivity index (χ0n) is 33.7. The minimum atomic E-state index is 0.888. The quantitative estimate of drug-likeness (QED) is 0.161. The van der Waals surface area contributed by atoms with E-state index in [4.69, 9.17) is 9.97 Å². The highest BCUT2D eigenvalue weighted by Crippen LogP contribution is 2.40. The van der Waals surface area contributed by atoms with E-state index < -0.39 is 0 Å². The van der Waals surface area contributed by atoms with Gasteiger partial charge in [0.15, 0.2) is 0 Å². The van der Waals surface area contributed by atoms with E-state index in [0.717, 1.165) is 89.6 Å². The first kappa shape index (κ1) is 35.6. The van der Waals surface area contributed by atoms with Gasteiger partial charge in [-0.3, -0.25) is 9.13 Å². The SMILES string of the molecule is c1ccc(-c2cc(-c3ccccc3)nc(-n3c4ccccc4c4cc(-c5ccc6c(c5)c5ccccc5n6-c5cc(-c6ccccc6)cc(-c6ccccc6)n5)ccc43)c2)cc1. The lowest BCUT2D eigenvalue weighted by Crippen LogP contribution is -2.00. The smallest absolute Gasteiger partial charge is 0.138 e. The fourth-order valence-electron chi connectivity index (χ4n) is 9.17. The normalized spacial score (nSPS) is 11.5. The van der Waals surface area contributed by atoms with Crippen LogP contribution in [-0.4, -0.2) is 19.1 Å². The Balaban J connectivity index is 1.02. The second kappa shape index (κ2) is 14.7. The van der Waals surface area contributed by atoms with Crippen molar-refractivity contribution < 1.29 is 0 Å². The molecule has 0 unspecified atom stereocenters. The van der Waals surface area contributed by atoms with Crippen LogP contribution in [0.4, 0.5) is 0 Å². The lowest BCUT2D eigenvalue weighted by atomic mass is 10.0. The second-order valence-electron chi connectivity index (χ2n) is 15.8. The van der Waals surface area contributed by atoms with Crippen LogP contribution in [0.25, 0.3) is 111 Å². The number of hydrogen-bond acceptors (Lipinski definition) is 2. The summed E-state index contributed by atoms with van der Waals surface area (Å²) in [6, 6.07) is 82.1. The summed E-state index contributed by atoms with van der Waals surface area (Å²) in [5.41, 5.74) is 15.4. The largest absolute Gasteiger partial charge is 0.294 e. The van der Waals surface area contributed by atoms with Crippen LogP contribution in [0.1, 0.15) is 0 Å². The fourth-order valence-corrected chi connectivity index (χ4v) is 9.17. The number of hydrogen-bond donors (Lipinski definition) is 0. The van der Waals surface area contributed by atoms with Gasteiger partial charge in [0.1, 0.15) is 11.6 Å². The highest BCUT2D eigenvalue weighted by Gasteiger charge is 2.19. The Hall–Kier alpha value is -8.34. The van der Waals surface area contributed by atoms with E-state index in [0.29, 0.717) is 0 Å². The first-order chi connectivity index (χ1) is 30.7. The molecule has 12 rings (SSSR count). The highest BCUT2D eigenvalue weighted by atomic mass is 15.1. The van der Waals surface area contributed by atoms with Crippen molar-refractivity contribution in [3.8, 4) is 67.5 Å². The van der Waals surface area contributed by atoms with E-state index in [9.17, 15) is 0 Å². The molecule has 0 saturated heterocycles. The van der Waals surface area contributed by atoms with Crippen molar-refractivity contribution in [3.63, 3.8) is 0 Å². The van der Waals surface area contributed by atoms with Crippen LogP contribution in [0.15, 0.2) is 231 Å². The molecular weight excluding hydrogens is 753 g/mol. The molecule has 0 amide bonds. The van der Waals surface area contributed by atoms with Crippen molar-refractivity contribution in [2.45, 2.75) is 0 Å². The predicted octanol–water partition coefficient (Wildman–Crippen LogP) is 15.0. The Morgan fingerprint density at radius 2 is 0.565 bits per heavy atom. The molecule has 12 aromatic rings. The molecule has 0 atom stereocenters. The first-order valence-electron chi connectivity index (χ1n) is 21.1. The molecule has 0 aliphatic carbocycles. The molecule has 0 saturated carbocycles. The Morgan fingerprint density at radius 1 is 0.226 bits per heavy atom. The topological polar surface area (TPSA) is 35.6 Å². The summed E-state index contributed by atoms with van der Waals surface area (Å²) in [4.78, 5) is 10.7. The number of pyridine rings is 2. The first-order valence-corrected chi connectivity index (χ1v) is 21.1. The molecule has 62 heavy (non-hydrogen) atoms. The third-order valence-electron chi connectivity index (χ3n) is 12.1. The molecule has 0 spiro atoms. The number of rotatable bonds is 7. The van der Waals surface area contributed by atoms with Gasteiger partial charge in [-0.05, 0) is 94.0 Å². The Kier molecular flexibility index (Phi) is 8.46. The molecule has 0 bridgehead atoms.